The van der Waals surface area contributed by atoms with Gasteiger partial charge in [-0.3, -0.25) is 9.59 Å². The number of fused-ring (bicyclic) bond motifs is 1. The Morgan fingerprint density at radius 2 is 1.83 bits per heavy atom. The summed E-state index contributed by atoms with van der Waals surface area (Å²) in [7, 11) is -3.59. The van der Waals surface area contributed by atoms with Crippen LogP contribution in [0.5, 0.6) is 0 Å². The number of rotatable bonds is 7. The second kappa shape index (κ2) is 11.7. The minimum absolute atomic E-state index is 0.0410. The fourth-order valence-electron chi connectivity index (χ4n) is 6.07. The number of halogens is 2. The van der Waals surface area contributed by atoms with E-state index in [2.05, 4.69) is 15.2 Å². The molecule has 2 aromatic rings. The van der Waals surface area contributed by atoms with Gasteiger partial charge in [-0.05, 0) is 49.1 Å². The van der Waals surface area contributed by atoms with E-state index in [9.17, 15) is 22.8 Å². The van der Waals surface area contributed by atoms with Crippen LogP contribution in [0.4, 0.5) is 0 Å². The normalized spacial score (nSPS) is 25.3. The van der Waals surface area contributed by atoms with Crippen molar-refractivity contribution < 1.29 is 27.6 Å². The molecule has 0 spiro atoms. The summed E-state index contributed by atoms with van der Waals surface area (Å²) < 4.78 is 27.4. The van der Waals surface area contributed by atoms with Gasteiger partial charge in [-0.25, -0.2) is 17.9 Å². The number of nitrogens with zero attached hydrogens (tertiary/aromatic N) is 2. The molecule has 10 nitrogen and oxygen atoms in total. The summed E-state index contributed by atoms with van der Waals surface area (Å²) in [6.07, 6.45) is 3.69. The number of carbonyl (C=O) groups is 3. The number of hydrogen-bond acceptors (Lipinski definition) is 7. The Labute approximate surface area is 248 Å². The smallest absolute Gasteiger partial charge is 0.340 e. The fourth-order valence-corrected chi connectivity index (χ4v) is 7.41. The van der Waals surface area contributed by atoms with E-state index in [1.165, 1.54) is 0 Å². The van der Waals surface area contributed by atoms with E-state index in [1.807, 2.05) is 0 Å². The summed E-state index contributed by atoms with van der Waals surface area (Å²) in [4.78, 5) is 46.5. The first-order chi connectivity index (χ1) is 19.4. The molecule has 0 radical (unpaired) electrons. The van der Waals surface area contributed by atoms with Gasteiger partial charge in [0.2, 0.25) is 15.9 Å². The molecule has 0 bridgehead atoms. The maximum atomic E-state index is 14.3. The van der Waals surface area contributed by atoms with Crippen LogP contribution < -0.4 is 10.0 Å². The van der Waals surface area contributed by atoms with E-state index >= 15 is 0 Å². The number of oxime groups is 1. The van der Waals surface area contributed by atoms with E-state index in [4.69, 9.17) is 28.0 Å². The highest BCUT2D eigenvalue weighted by Gasteiger charge is 2.49. The average molecular weight is 622 g/mol. The van der Waals surface area contributed by atoms with Crippen LogP contribution >= 0.6 is 23.2 Å². The molecule has 1 unspecified atom stereocenters. The predicted octanol–water partition coefficient (Wildman–Crippen LogP) is 3.94. The van der Waals surface area contributed by atoms with Crippen LogP contribution in [-0.2, 0) is 24.4 Å². The Morgan fingerprint density at radius 3 is 2.51 bits per heavy atom. The Bertz CT molecular complexity index is 1530. The van der Waals surface area contributed by atoms with Crippen molar-refractivity contribution >= 4 is 56.7 Å². The average Bonchev–Trinajstić information content (AvgIpc) is 3.35. The Morgan fingerprint density at radius 1 is 1.10 bits per heavy atom. The zero-order valence-electron chi connectivity index (χ0n) is 22.5. The van der Waals surface area contributed by atoms with Gasteiger partial charge in [0.15, 0.2) is 0 Å². The van der Waals surface area contributed by atoms with Crippen LogP contribution in [0.25, 0.3) is 0 Å². The summed E-state index contributed by atoms with van der Waals surface area (Å²) in [6, 6.07) is 9.19. The molecule has 5 atom stereocenters. The number of benzene rings is 2. The monoisotopic (exact) mass is 620 g/mol. The standard InChI is InChI=1S/C28H30Cl2N4O6S/c1-15(22-14-24(35)40-32-22)31-27(36)25-17-7-3-4-8-18(17)28(37)34(26(25)19-12-11-16(29)13-20(19)30)23-10-6-5-9-21(23)33-41(2,38)39/h3-4,7-8,11-13,15,21,23,25-26,33H,5-6,9-10,14H2,1-2H3,(H,31,36)/t15?,21-,23-,25+,26-/m0/s1. The third-order valence-corrected chi connectivity index (χ3v) is 9.13. The highest BCUT2D eigenvalue weighted by atomic mass is 35.5. The molecule has 5 rings (SSSR count). The van der Waals surface area contributed by atoms with Crippen LogP contribution in [-0.4, -0.2) is 61.2 Å². The lowest BCUT2D eigenvalue weighted by molar-refractivity contribution is -0.140. The SMILES string of the molecule is CC(NC(=O)[C@@H]1c2ccccc2C(=O)N([C@H]2CCCC[C@@H]2NS(C)(=O)=O)[C@H]1c1ccc(Cl)cc1Cl)C1=NOC(=O)C1. The van der Waals surface area contributed by atoms with E-state index in [0.29, 0.717) is 40.3 Å². The molecule has 2 aromatic carbocycles. The lowest BCUT2D eigenvalue weighted by Gasteiger charge is -2.49. The van der Waals surface area contributed by atoms with Crippen LogP contribution in [0.15, 0.2) is 47.6 Å². The summed E-state index contributed by atoms with van der Waals surface area (Å²) >= 11 is 13.0. The van der Waals surface area contributed by atoms with Gasteiger partial charge in [0.1, 0.15) is 0 Å². The first-order valence-corrected chi connectivity index (χ1v) is 16.0. The van der Waals surface area contributed by atoms with Crippen LogP contribution in [0, 0.1) is 0 Å². The number of nitrogens with one attached hydrogen (secondary N) is 2. The first-order valence-electron chi connectivity index (χ1n) is 13.4. The number of amides is 2. The maximum absolute atomic E-state index is 14.3. The zero-order chi connectivity index (χ0) is 29.5. The second-order valence-corrected chi connectivity index (χ2v) is 13.3. The molecule has 13 heteroatoms. The second-order valence-electron chi connectivity index (χ2n) is 10.7. The lowest BCUT2D eigenvalue weighted by atomic mass is 9.76. The van der Waals surface area contributed by atoms with Crippen molar-refractivity contribution in [3.8, 4) is 0 Å². The van der Waals surface area contributed by atoms with Crippen molar-refractivity contribution in [1.29, 1.82) is 0 Å². The molecule has 1 fully saturated rings. The number of hydrogen-bond donors (Lipinski definition) is 2. The molecule has 3 aliphatic rings. The van der Waals surface area contributed by atoms with Crippen molar-refractivity contribution in [3.63, 3.8) is 0 Å². The zero-order valence-corrected chi connectivity index (χ0v) is 24.8. The van der Waals surface area contributed by atoms with Crippen LogP contribution in [0.1, 0.15) is 72.5 Å². The summed E-state index contributed by atoms with van der Waals surface area (Å²) in [6.45, 7) is 1.70. The number of sulfonamides is 1. The molecule has 0 saturated heterocycles. The summed E-state index contributed by atoms with van der Waals surface area (Å²) in [5, 5.41) is 7.40. The van der Waals surface area contributed by atoms with Crippen LogP contribution in [0.3, 0.4) is 0 Å². The van der Waals surface area contributed by atoms with E-state index in [1.54, 1.807) is 54.3 Å². The molecule has 1 aliphatic carbocycles. The van der Waals surface area contributed by atoms with Gasteiger partial charge in [0.25, 0.3) is 5.91 Å². The van der Waals surface area contributed by atoms with Gasteiger partial charge in [0.05, 0.1) is 36.4 Å². The predicted molar refractivity (Wildman–Crippen MR) is 154 cm³/mol. The highest BCUT2D eigenvalue weighted by molar-refractivity contribution is 7.88. The molecule has 2 amide bonds. The van der Waals surface area contributed by atoms with Crippen molar-refractivity contribution in [2.45, 2.75) is 69.1 Å². The van der Waals surface area contributed by atoms with E-state index < -0.39 is 52.0 Å². The fraction of sp³-hybridized carbons (Fsp3) is 0.429. The molecule has 2 aliphatic heterocycles. The minimum Gasteiger partial charge on any atom is -0.348 e. The Kier molecular flexibility index (Phi) is 8.43. The van der Waals surface area contributed by atoms with Gasteiger partial charge in [-0.1, -0.05) is 65.5 Å². The van der Waals surface area contributed by atoms with Crippen molar-refractivity contribution in [3.05, 3.63) is 69.2 Å². The lowest BCUT2D eigenvalue weighted by Crippen LogP contribution is -2.59. The molecule has 2 heterocycles. The first kappa shape index (κ1) is 29.5. The topological polar surface area (TPSA) is 134 Å². The van der Waals surface area contributed by atoms with E-state index in [0.717, 1.165) is 19.1 Å². The van der Waals surface area contributed by atoms with Crippen molar-refractivity contribution in [1.82, 2.24) is 14.9 Å². The van der Waals surface area contributed by atoms with Crippen molar-refractivity contribution in [2.24, 2.45) is 5.16 Å². The summed E-state index contributed by atoms with van der Waals surface area (Å²) in [5.74, 6) is -2.16. The van der Waals surface area contributed by atoms with Gasteiger partial charge >= 0.3 is 5.97 Å². The van der Waals surface area contributed by atoms with E-state index in [-0.39, 0.29) is 17.4 Å². The molecule has 0 aromatic heterocycles. The quantitative estimate of drug-likeness (QED) is 0.450. The number of carbonyl (C=O) groups excluding carboxylic acids is 3. The molecule has 41 heavy (non-hydrogen) atoms. The van der Waals surface area contributed by atoms with Gasteiger partial charge in [-0.15, -0.1) is 0 Å². The molecule has 218 valence electrons. The molecule has 2 N–H and O–H groups in total. The Hall–Kier alpha value is -2.99. The van der Waals surface area contributed by atoms with Gasteiger partial charge in [0, 0.05) is 27.7 Å². The Balaban J connectivity index is 1.65. The highest BCUT2D eigenvalue weighted by Crippen LogP contribution is 2.48. The largest absolute Gasteiger partial charge is 0.348 e. The maximum Gasteiger partial charge on any atom is 0.340 e. The minimum atomic E-state index is -3.59. The van der Waals surface area contributed by atoms with Gasteiger partial charge < -0.3 is 15.1 Å². The summed E-state index contributed by atoms with van der Waals surface area (Å²) in [5.41, 5.74) is 1.75. The molecular formula is C28H30Cl2N4O6S. The molecule has 1 saturated carbocycles. The van der Waals surface area contributed by atoms with Gasteiger partial charge in [-0.2, -0.15) is 0 Å². The third kappa shape index (κ3) is 6.13. The third-order valence-electron chi connectivity index (χ3n) is 7.84. The molecular weight excluding hydrogens is 591 g/mol. The van der Waals surface area contributed by atoms with Crippen LogP contribution in [0.2, 0.25) is 10.0 Å². The van der Waals surface area contributed by atoms with Crippen molar-refractivity contribution in [2.75, 3.05) is 6.26 Å².